The molecule has 0 radical (unpaired) electrons. The summed E-state index contributed by atoms with van der Waals surface area (Å²) in [5.74, 6) is 0. The van der Waals surface area contributed by atoms with E-state index in [9.17, 15) is 0 Å². The molecule has 0 aliphatic carbocycles. The van der Waals surface area contributed by atoms with Gasteiger partial charge in [0.25, 0.3) is 0 Å². The number of rotatable bonds is 2. The third-order valence-corrected chi connectivity index (χ3v) is 4.10. The fraction of sp³-hybridized carbons (Fsp3) is 0.500. The molecule has 92 valence electrons. The second kappa shape index (κ2) is 5.67. The summed E-state index contributed by atoms with van der Waals surface area (Å²) < 4.78 is 1.10. The summed E-state index contributed by atoms with van der Waals surface area (Å²) in [7, 11) is 0. The van der Waals surface area contributed by atoms with Crippen molar-refractivity contribution in [2.75, 3.05) is 0 Å². The molecule has 2 atom stereocenters. The van der Waals surface area contributed by atoms with E-state index in [0.29, 0.717) is 12.1 Å². The maximum absolute atomic E-state index is 4.65. The number of halogens is 1. The Kier molecular flexibility index (Phi) is 4.21. The molecule has 17 heavy (non-hydrogen) atoms. The molecule has 3 heteroatoms. The molecule has 1 saturated heterocycles. The van der Waals surface area contributed by atoms with E-state index in [1.54, 1.807) is 0 Å². The van der Waals surface area contributed by atoms with Crippen molar-refractivity contribution in [2.24, 2.45) is 5.10 Å². The number of hydrazone groups is 1. The van der Waals surface area contributed by atoms with Crippen molar-refractivity contribution in [2.45, 2.75) is 45.2 Å². The largest absolute Gasteiger partial charge is 0.292 e. The van der Waals surface area contributed by atoms with Gasteiger partial charge in [-0.3, -0.25) is 5.01 Å². The Bertz CT molecular complexity index is 393. The van der Waals surface area contributed by atoms with Crippen LogP contribution in [0.5, 0.6) is 0 Å². The molecule has 0 bridgehead atoms. The third-order valence-electron chi connectivity index (χ3n) is 3.38. The first-order valence-corrected chi connectivity index (χ1v) is 7.04. The van der Waals surface area contributed by atoms with Gasteiger partial charge < -0.3 is 0 Å². The summed E-state index contributed by atoms with van der Waals surface area (Å²) in [6, 6.07) is 9.29. The van der Waals surface area contributed by atoms with Gasteiger partial charge >= 0.3 is 0 Å². The van der Waals surface area contributed by atoms with Gasteiger partial charge in [-0.15, -0.1) is 0 Å². The van der Waals surface area contributed by atoms with E-state index in [4.69, 9.17) is 0 Å². The van der Waals surface area contributed by atoms with E-state index in [0.717, 1.165) is 10.0 Å². The zero-order chi connectivity index (χ0) is 12.3. The molecular formula is C14H19BrN2. The first-order valence-electron chi connectivity index (χ1n) is 6.25. The van der Waals surface area contributed by atoms with Gasteiger partial charge in [-0.25, -0.2) is 0 Å². The average molecular weight is 295 g/mol. The van der Waals surface area contributed by atoms with Gasteiger partial charge in [0.15, 0.2) is 0 Å². The number of hydrogen-bond acceptors (Lipinski definition) is 2. The first-order chi connectivity index (χ1) is 8.18. The van der Waals surface area contributed by atoms with Crippen LogP contribution in [0.25, 0.3) is 0 Å². The van der Waals surface area contributed by atoms with E-state index in [1.807, 2.05) is 24.4 Å². The van der Waals surface area contributed by atoms with Crippen molar-refractivity contribution in [3.05, 3.63) is 34.3 Å². The molecule has 1 fully saturated rings. The zero-order valence-electron chi connectivity index (χ0n) is 10.4. The molecule has 0 spiro atoms. The molecule has 0 N–H and O–H groups in total. The molecule has 1 heterocycles. The molecule has 1 aromatic carbocycles. The molecule has 1 aromatic rings. The van der Waals surface area contributed by atoms with Gasteiger partial charge in [-0.05, 0) is 39.2 Å². The fourth-order valence-electron chi connectivity index (χ4n) is 2.34. The minimum atomic E-state index is 0.553. The molecule has 2 rings (SSSR count). The lowest BCUT2D eigenvalue weighted by atomic mass is 10.00. The molecule has 1 aliphatic heterocycles. The highest BCUT2D eigenvalue weighted by Gasteiger charge is 2.22. The predicted molar refractivity (Wildman–Crippen MR) is 76.4 cm³/mol. The van der Waals surface area contributed by atoms with Gasteiger partial charge in [0.05, 0.1) is 6.21 Å². The predicted octanol–water partition coefficient (Wildman–Crippen LogP) is 4.05. The summed E-state index contributed by atoms with van der Waals surface area (Å²) in [6.45, 7) is 4.51. The molecule has 2 nitrogen and oxygen atoms in total. The van der Waals surface area contributed by atoms with Gasteiger partial charge in [-0.1, -0.05) is 34.1 Å². The highest BCUT2D eigenvalue weighted by molar-refractivity contribution is 9.10. The fourth-order valence-corrected chi connectivity index (χ4v) is 2.73. The lowest BCUT2D eigenvalue weighted by Crippen LogP contribution is -2.39. The number of benzene rings is 1. The van der Waals surface area contributed by atoms with Crippen molar-refractivity contribution in [3.8, 4) is 0 Å². The summed E-state index contributed by atoms with van der Waals surface area (Å²) >= 11 is 3.54. The summed E-state index contributed by atoms with van der Waals surface area (Å²) in [5.41, 5.74) is 1.14. The smallest absolute Gasteiger partial charge is 0.0554 e. The number of nitrogens with zero attached hydrogens (tertiary/aromatic N) is 2. The monoisotopic (exact) mass is 294 g/mol. The molecule has 1 aliphatic rings. The molecular weight excluding hydrogens is 276 g/mol. The van der Waals surface area contributed by atoms with E-state index in [-0.39, 0.29) is 0 Å². The zero-order valence-corrected chi connectivity index (χ0v) is 12.0. The van der Waals surface area contributed by atoms with Crippen LogP contribution < -0.4 is 0 Å². The lowest BCUT2D eigenvalue weighted by Gasteiger charge is -2.36. The SMILES string of the molecule is C[C@@H]1CCC[C@@H](C)N1/N=C\c1ccccc1Br. The normalized spacial score (nSPS) is 25.5. The Morgan fingerprint density at radius 2 is 1.88 bits per heavy atom. The van der Waals surface area contributed by atoms with Crippen LogP contribution in [0.2, 0.25) is 0 Å². The molecule has 0 unspecified atom stereocenters. The van der Waals surface area contributed by atoms with E-state index in [2.05, 4.69) is 46.0 Å². The lowest BCUT2D eigenvalue weighted by molar-refractivity contribution is 0.109. The van der Waals surface area contributed by atoms with Crippen LogP contribution in [0.15, 0.2) is 33.8 Å². The summed E-state index contributed by atoms with van der Waals surface area (Å²) in [5, 5.41) is 6.89. The van der Waals surface area contributed by atoms with Crippen LogP contribution in [-0.4, -0.2) is 23.3 Å². The third kappa shape index (κ3) is 3.09. The van der Waals surface area contributed by atoms with Crippen molar-refractivity contribution in [1.29, 1.82) is 0 Å². The van der Waals surface area contributed by atoms with Crippen LogP contribution in [0, 0.1) is 0 Å². The highest BCUT2D eigenvalue weighted by atomic mass is 79.9. The van der Waals surface area contributed by atoms with Crippen molar-refractivity contribution < 1.29 is 0 Å². The summed E-state index contributed by atoms with van der Waals surface area (Å²) in [4.78, 5) is 0. The Balaban J connectivity index is 2.11. The Hall–Kier alpha value is -0.830. The van der Waals surface area contributed by atoms with Crippen molar-refractivity contribution in [3.63, 3.8) is 0 Å². The number of piperidine rings is 1. The van der Waals surface area contributed by atoms with Crippen LogP contribution >= 0.6 is 15.9 Å². The standard InChI is InChI=1S/C14H19BrN2/c1-11-6-5-7-12(2)17(11)16-10-13-8-3-4-9-14(13)15/h3-4,8-12H,5-7H2,1-2H3/b16-10-/t11-,12-/m1/s1. The van der Waals surface area contributed by atoms with Crippen LogP contribution in [0.1, 0.15) is 38.7 Å². The molecule has 0 saturated carbocycles. The number of hydrogen-bond donors (Lipinski definition) is 0. The van der Waals surface area contributed by atoms with Gasteiger partial charge in [-0.2, -0.15) is 5.10 Å². The second-order valence-corrected chi connectivity index (χ2v) is 5.63. The van der Waals surface area contributed by atoms with Gasteiger partial charge in [0.1, 0.15) is 0 Å². The van der Waals surface area contributed by atoms with Crippen LogP contribution in [0.3, 0.4) is 0 Å². The Morgan fingerprint density at radius 3 is 2.53 bits per heavy atom. The molecule has 0 amide bonds. The summed E-state index contributed by atoms with van der Waals surface area (Å²) in [6.07, 6.45) is 5.78. The minimum Gasteiger partial charge on any atom is -0.292 e. The Labute approximate surface area is 112 Å². The van der Waals surface area contributed by atoms with E-state index < -0.39 is 0 Å². The quantitative estimate of drug-likeness (QED) is 0.752. The van der Waals surface area contributed by atoms with Gasteiger partial charge in [0, 0.05) is 22.1 Å². The highest BCUT2D eigenvalue weighted by Crippen LogP contribution is 2.23. The first kappa shape index (κ1) is 12.6. The van der Waals surface area contributed by atoms with Crippen molar-refractivity contribution >= 4 is 22.1 Å². The molecule has 0 aromatic heterocycles. The Morgan fingerprint density at radius 1 is 1.24 bits per heavy atom. The maximum atomic E-state index is 4.65. The van der Waals surface area contributed by atoms with E-state index in [1.165, 1.54) is 19.3 Å². The van der Waals surface area contributed by atoms with E-state index >= 15 is 0 Å². The van der Waals surface area contributed by atoms with Crippen LogP contribution in [-0.2, 0) is 0 Å². The minimum absolute atomic E-state index is 0.553. The average Bonchev–Trinajstić information content (AvgIpc) is 2.30. The topological polar surface area (TPSA) is 15.6 Å². The maximum Gasteiger partial charge on any atom is 0.0554 e. The van der Waals surface area contributed by atoms with Gasteiger partial charge in [0.2, 0.25) is 0 Å². The van der Waals surface area contributed by atoms with Crippen LogP contribution in [0.4, 0.5) is 0 Å². The second-order valence-electron chi connectivity index (χ2n) is 4.78. The van der Waals surface area contributed by atoms with Crippen molar-refractivity contribution in [1.82, 2.24) is 5.01 Å².